The molecule has 1 aromatic heterocycles. The van der Waals surface area contributed by atoms with Crippen molar-refractivity contribution in [1.29, 1.82) is 0 Å². The first-order valence-corrected chi connectivity index (χ1v) is 7.02. The molecule has 3 aromatic rings. The van der Waals surface area contributed by atoms with E-state index in [1.807, 2.05) is 6.07 Å². The predicted octanol–water partition coefficient (Wildman–Crippen LogP) is 2.45. The number of rotatable bonds is 5. The number of aldehydes is 1. The summed E-state index contributed by atoms with van der Waals surface area (Å²) < 4.78 is 0. The molecule has 23 heavy (non-hydrogen) atoms. The van der Waals surface area contributed by atoms with Crippen LogP contribution in [0.15, 0.2) is 42.5 Å². The fraction of sp³-hybridized carbons (Fsp3) is 0.0588. The van der Waals surface area contributed by atoms with Crippen LogP contribution in [0.4, 0.5) is 5.69 Å². The maximum Gasteiger partial charge on any atom is 0.200 e. The number of benzene rings is 2. The Balaban J connectivity index is 2.01. The Morgan fingerprint density at radius 2 is 2.00 bits per heavy atom. The molecule has 0 saturated heterocycles. The summed E-state index contributed by atoms with van der Waals surface area (Å²) in [4.78, 5) is 26.3. The first-order chi connectivity index (χ1) is 11.1. The molecule has 0 aliphatic rings. The molecular weight excluding hydrogens is 291 g/mol. The molecule has 6 heteroatoms. The number of carbonyl (C=O) groups is 2. The highest BCUT2D eigenvalue weighted by atomic mass is 16.3. The van der Waals surface area contributed by atoms with Crippen molar-refractivity contribution in [1.82, 2.24) is 4.98 Å². The van der Waals surface area contributed by atoms with Crippen LogP contribution in [-0.2, 0) is 0 Å². The molecule has 0 bridgehead atoms. The lowest BCUT2D eigenvalue weighted by atomic mass is 10.0. The third-order valence-electron chi connectivity index (χ3n) is 3.63. The summed E-state index contributed by atoms with van der Waals surface area (Å²) in [6, 6.07) is 11.9. The fourth-order valence-corrected chi connectivity index (χ4v) is 2.52. The zero-order valence-electron chi connectivity index (χ0n) is 12.2. The average molecular weight is 304 g/mol. The predicted molar refractivity (Wildman–Crippen MR) is 89.5 cm³/mol. The average Bonchev–Trinajstić information content (AvgIpc) is 2.88. The largest absolute Gasteiger partial charge is 0.494 e. The van der Waals surface area contributed by atoms with Gasteiger partial charge in [0.25, 0.3) is 0 Å². The summed E-state index contributed by atoms with van der Waals surface area (Å²) in [6.45, 7) is 0. The molecule has 0 amide bonds. The van der Waals surface area contributed by atoms with E-state index in [0.717, 1.165) is 5.69 Å². The molecule has 2 radical (unpaired) electrons. The minimum absolute atomic E-state index is 0.158. The molecule has 0 saturated carbocycles. The third kappa shape index (κ3) is 2.71. The molecule has 3 rings (SSSR count). The van der Waals surface area contributed by atoms with E-state index < -0.39 is 0 Å². The molecule has 112 valence electrons. The molecular formula is C17H13BN2O3. The second kappa shape index (κ2) is 6.00. The molecule has 0 fully saturated rings. The van der Waals surface area contributed by atoms with Gasteiger partial charge < -0.3 is 15.4 Å². The number of anilines is 1. The summed E-state index contributed by atoms with van der Waals surface area (Å²) in [5.41, 5.74) is 2.47. The first-order valence-electron chi connectivity index (χ1n) is 7.02. The Hall–Kier alpha value is -3.02. The van der Waals surface area contributed by atoms with E-state index in [1.54, 1.807) is 36.4 Å². The van der Waals surface area contributed by atoms with E-state index in [4.69, 9.17) is 7.85 Å². The van der Waals surface area contributed by atoms with Gasteiger partial charge in [-0.3, -0.25) is 9.59 Å². The van der Waals surface area contributed by atoms with Crippen molar-refractivity contribution < 1.29 is 14.7 Å². The van der Waals surface area contributed by atoms with E-state index in [2.05, 4.69) is 10.3 Å². The number of carbonyl (C=O) groups excluding carboxylic acids is 2. The minimum atomic E-state index is -0.200. The van der Waals surface area contributed by atoms with Crippen LogP contribution in [0.5, 0.6) is 5.88 Å². The van der Waals surface area contributed by atoms with Gasteiger partial charge in [-0.05, 0) is 24.6 Å². The maximum atomic E-state index is 12.6. The van der Waals surface area contributed by atoms with Crippen LogP contribution < -0.4 is 5.32 Å². The molecule has 0 aliphatic carbocycles. The van der Waals surface area contributed by atoms with Crippen LogP contribution >= 0.6 is 0 Å². The van der Waals surface area contributed by atoms with Crippen molar-refractivity contribution in [2.75, 3.05) is 11.8 Å². The molecule has 2 aromatic carbocycles. The zero-order chi connectivity index (χ0) is 16.4. The summed E-state index contributed by atoms with van der Waals surface area (Å²) in [6.07, 6.45) is 0.859. The SMILES string of the molecule is [B]CNc1cccc(C(=O)c2ccc3c(C=O)c(O)[nH]c3c2)c1. The van der Waals surface area contributed by atoms with Gasteiger partial charge in [0, 0.05) is 27.7 Å². The normalized spacial score (nSPS) is 10.6. The fourth-order valence-electron chi connectivity index (χ4n) is 2.52. The van der Waals surface area contributed by atoms with E-state index in [-0.39, 0.29) is 23.7 Å². The van der Waals surface area contributed by atoms with Gasteiger partial charge in [0.2, 0.25) is 0 Å². The molecule has 0 spiro atoms. The minimum Gasteiger partial charge on any atom is -0.494 e. The second-order valence-corrected chi connectivity index (χ2v) is 5.06. The third-order valence-corrected chi connectivity index (χ3v) is 3.63. The van der Waals surface area contributed by atoms with Crippen LogP contribution in [0.2, 0.25) is 0 Å². The van der Waals surface area contributed by atoms with Crippen molar-refractivity contribution in [3.8, 4) is 5.88 Å². The number of aromatic hydroxyl groups is 1. The number of aromatic nitrogens is 1. The molecule has 0 atom stereocenters. The van der Waals surface area contributed by atoms with Gasteiger partial charge in [-0.25, -0.2) is 0 Å². The van der Waals surface area contributed by atoms with Crippen LogP contribution in [0, 0.1) is 0 Å². The zero-order valence-corrected chi connectivity index (χ0v) is 12.2. The Morgan fingerprint density at radius 3 is 2.74 bits per heavy atom. The monoisotopic (exact) mass is 304 g/mol. The van der Waals surface area contributed by atoms with Crippen molar-refractivity contribution >= 4 is 36.5 Å². The number of aromatic amines is 1. The molecule has 3 N–H and O–H groups in total. The lowest BCUT2D eigenvalue weighted by Crippen LogP contribution is -2.04. The standard InChI is InChI=1S/C17H13BN2O3/c18-9-19-12-3-1-2-10(6-12)16(22)11-4-5-13-14(8-21)17(23)20-15(13)7-11/h1-8,19-20,23H,9H2. The van der Waals surface area contributed by atoms with E-state index in [0.29, 0.717) is 28.3 Å². The highest BCUT2D eigenvalue weighted by molar-refractivity contribution is 6.12. The summed E-state index contributed by atoms with van der Waals surface area (Å²) >= 11 is 0. The Bertz CT molecular complexity index is 902. The number of hydrogen-bond donors (Lipinski definition) is 3. The quantitative estimate of drug-likeness (QED) is 0.384. The van der Waals surface area contributed by atoms with Crippen molar-refractivity contribution in [2.45, 2.75) is 0 Å². The Labute approximate surface area is 133 Å². The van der Waals surface area contributed by atoms with Gasteiger partial charge in [-0.2, -0.15) is 0 Å². The van der Waals surface area contributed by atoms with Crippen LogP contribution in [0.25, 0.3) is 10.9 Å². The van der Waals surface area contributed by atoms with Crippen molar-refractivity contribution in [2.24, 2.45) is 0 Å². The lowest BCUT2D eigenvalue weighted by Gasteiger charge is -2.06. The van der Waals surface area contributed by atoms with Gasteiger partial charge >= 0.3 is 0 Å². The topological polar surface area (TPSA) is 82.2 Å². The molecule has 0 aliphatic heterocycles. The number of fused-ring (bicyclic) bond motifs is 1. The van der Waals surface area contributed by atoms with Crippen molar-refractivity contribution in [3.63, 3.8) is 0 Å². The maximum absolute atomic E-state index is 12.6. The van der Waals surface area contributed by atoms with Crippen LogP contribution in [0.1, 0.15) is 26.3 Å². The van der Waals surface area contributed by atoms with Crippen molar-refractivity contribution in [3.05, 3.63) is 59.2 Å². The number of nitrogens with one attached hydrogen (secondary N) is 2. The van der Waals surface area contributed by atoms with Gasteiger partial charge in [0.1, 0.15) is 0 Å². The van der Waals surface area contributed by atoms with Crippen LogP contribution in [-0.4, -0.2) is 36.5 Å². The molecule has 5 nitrogen and oxygen atoms in total. The number of H-pyrrole nitrogens is 1. The Morgan fingerprint density at radius 1 is 1.22 bits per heavy atom. The highest BCUT2D eigenvalue weighted by Gasteiger charge is 2.14. The lowest BCUT2D eigenvalue weighted by molar-refractivity contribution is 0.103. The highest BCUT2D eigenvalue weighted by Crippen LogP contribution is 2.27. The first kappa shape index (κ1) is 14.9. The van der Waals surface area contributed by atoms with Crippen LogP contribution in [0.3, 0.4) is 0 Å². The second-order valence-electron chi connectivity index (χ2n) is 5.06. The van der Waals surface area contributed by atoms with E-state index in [9.17, 15) is 14.7 Å². The van der Waals surface area contributed by atoms with E-state index in [1.165, 1.54) is 0 Å². The van der Waals surface area contributed by atoms with Gasteiger partial charge in [0.15, 0.2) is 17.9 Å². The smallest absolute Gasteiger partial charge is 0.200 e. The van der Waals surface area contributed by atoms with Gasteiger partial charge in [-0.1, -0.05) is 24.3 Å². The molecule has 1 heterocycles. The van der Waals surface area contributed by atoms with Gasteiger partial charge in [0.05, 0.1) is 13.4 Å². The molecule has 0 unspecified atom stereocenters. The summed E-state index contributed by atoms with van der Waals surface area (Å²) in [7, 11) is 5.44. The number of hydrogen-bond acceptors (Lipinski definition) is 4. The summed E-state index contributed by atoms with van der Waals surface area (Å²) in [5.74, 6) is -0.358. The Kier molecular flexibility index (Phi) is 3.89. The van der Waals surface area contributed by atoms with Gasteiger partial charge in [-0.15, -0.1) is 0 Å². The number of ketones is 1. The van der Waals surface area contributed by atoms with E-state index >= 15 is 0 Å². The summed E-state index contributed by atoms with van der Waals surface area (Å²) in [5, 5.41) is 13.2.